The van der Waals surface area contributed by atoms with Gasteiger partial charge in [-0.1, -0.05) is 0 Å². The van der Waals surface area contributed by atoms with Crippen LogP contribution >= 0.6 is 0 Å². The average molecular weight is 342 g/mol. The Bertz CT molecular complexity index is 1000. The first-order valence-corrected chi connectivity index (χ1v) is 7.35. The molecule has 128 valence electrons. The topological polar surface area (TPSA) is 117 Å². The number of phenolic OH excluding ortho intramolecular Hbond substituents is 2. The van der Waals surface area contributed by atoms with Gasteiger partial charge >= 0.3 is 5.97 Å². The molecule has 3 rings (SSSR count). The zero-order chi connectivity index (χ0) is 18.1. The number of aromatic hydroxyl groups is 2. The van der Waals surface area contributed by atoms with Gasteiger partial charge in [0.05, 0.1) is 0 Å². The van der Waals surface area contributed by atoms with E-state index in [0.717, 1.165) is 6.07 Å². The average Bonchev–Trinajstić information content (AvgIpc) is 2.54. The van der Waals surface area contributed by atoms with Gasteiger partial charge in [-0.05, 0) is 31.2 Å². The highest BCUT2D eigenvalue weighted by atomic mass is 16.5. The van der Waals surface area contributed by atoms with Crippen molar-refractivity contribution in [1.82, 2.24) is 0 Å². The summed E-state index contributed by atoms with van der Waals surface area (Å²) in [6, 6.07) is 9.61. The molecule has 1 aromatic heterocycles. The number of rotatable bonds is 3. The minimum atomic E-state index is -1.34. The molecule has 0 radical (unpaired) electrons. The summed E-state index contributed by atoms with van der Waals surface area (Å²) in [6.45, 7) is 1.24. The number of carbonyl (C=O) groups is 1. The van der Waals surface area contributed by atoms with E-state index in [4.69, 9.17) is 9.15 Å². The Morgan fingerprint density at radius 1 is 1.12 bits per heavy atom. The summed E-state index contributed by atoms with van der Waals surface area (Å²) in [6.07, 6.45) is -1.34. The SMILES string of the molecule is CC(O)C(=O)Oc1cc(O)c2c(=O)cc(-c3ccc(O)cc3)oc2c1. The fraction of sp³-hybridized carbons (Fsp3) is 0.111. The summed E-state index contributed by atoms with van der Waals surface area (Å²) in [7, 11) is 0. The number of aliphatic hydroxyl groups is 1. The van der Waals surface area contributed by atoms with E-state index in [1.54, 1.807) is 12.1 Å². The smallest absolute Gasteiger partial charge is 0.340 e. The Hall–Kier alpha value is -3.32. The van der Waals surface area contributed by atoms with Gasteiger partial charge in [-0.25, -0.2) is 4.79 Å². The summed E-state index contributed by atoms with van der Waals surface area (Å²) in [4.78, 5) is 23.8. The molecule has 0 aliphatic heterocycles. The number of carbonyl (C=O) groups excluding carboxylic acids is 1. The molecule has 0 spiro atoms. The van der Waals surface area contributed by atoms with Crippen LogP contribution in [0.25, 0.3) is 22.3 Å². The predicted octanol–water partition coefficient (Wildman–Crippen LogP) is 2.16. The van der Waals surface area contributed by atoms with Crippen LogP contribution in [0, 0.1) is 0 Å². The van der Waals surface area contributed by atoms with Crippen LogP contribution < -0.4 is 10.2 Å². The van der Waals surface area contributed by atoms with Crippen molar-refractivity contribution in [2.75, 3.05) is 0 Å². The fourth-order valence-electron chi connectivity index (χ4n) is 2.27. The molecule has 25 heavy (non-hydrogen) atoms. The monoisotopic (exact) mass is 342 g/mol. The van der Waals surface area contributed by atoms with Crippen LogP contribution in [0.2, 0.25) is 0 Å². The second-order valence-corrected chi connectivity index (χ2v) is 5.43. The van der Waals surface area contributed by atoms with Gasteiger partial charge in [-0.3, -0.25) is 4.79 Å². The highest BCUT2D eigenvalue weighted by Crippen LogP contribution is 2.31. The lowest BCUT2D eigenvalue weighted by Crippen LogP contribution is -2.22. The van der Waals surface area contributed by atoms with Crippen LogP contribution in [0.1, 0.15) is 6.92 Å². The Morgan fingerprint density at radius 3 is 2.44 bits per heavy atom. The van der Waals surface area contributed by atoms with Crippen molar-refractivity contribution in [3.63, 3.8) is 0 Å². The molecule has 0 aliphatic rings. The van der Waals surface area contributed by atoms with Crippen LogP contribution in [0.4, 0.5) is 0 Å². The summed E-state index contributed by atoms with van der Waals surface area (Å²) in [5.41, 5.74) is 0.0851. The molecule has 1 atom stereocenters. The molecular formula is C18H14O7. The number of hydrogen-bond donors (Lipinski definition) is 3. The largest absolute Gasteiger partial charge is 0.508 e. The van der Waals surface area contributed by atoms with Crippen LogP contribution in [0.3, 0.4) is 0 Å². The van der Waals surface area contributed by atoms with E-state index in [2.05, 4.69) is 0 Å². The quantitative estimate of drug-likeness (QED) is 0.493. The number of fused-ring (bicyclic) bond motifs is 1. The zero-order valence-electron chi connectivity index (χ0n) is 13.1. The maximum atomic E-state index is 12.3. The van der Waals surface area contributed by atoms with Crippen molar-refractivity contribution in [1.29, 1.82) is 0 Å². The normalized spacial score (nSPS) is 12.1. The van der Waals surface area contributed by atoms with Gasteiger partial charge in [-0.2, -0.15) is 0 Å². The van der Waals surface area contributed by atoms with E-state index < -0.39 is 23.3 Å². The molecular weight excluding hydrogens is 328 g/mol. The van der Waals surface area contributed by atoms with E-state index in [1.165, 1.54) is 31.2 Å². The summed E-state index contributed by atoms with van der Waals surface area (Å²) in [5.74, 6) is -1.10. The standard InChI is InChI=1S/C18H14O7/c1-9(19)18(23)24-12-6-13(21)17-14(22)8-15(25-16(17)7-12)10-2-4-11(20)5-3-10/h2-9,19-21H,1H3. The minimum Gasteiger partial charge on any atom is -0.508 e. The van der Waals surface area contributed by atoms with Crippen molar-refractivity contribution in [3.05, 3.63) is 52.7 Å². The third-order valence-corrected chi connectivity index (χ3v) is 3.49. The molecule has 2 aromatic carbocycles. The maximum absolute atomic E-state index is 12.3. The van der Waals surface area contributed by atoms with Crippen LogP contribution in [0.15, 0.2) is 51.7 Å². The summed E-state index contributed by atoms with van der Waals surface area (Å²) in [5, 5.41) is 28.5. The van der Waals surface area contributed by atoms with Crippen LogP contribution in [-0.2, 0) is 4.79 Å². The second-order valence-electron chi connectivity index (χ2n) is 5.43. The number of benzene rings is 2. The Kier molecular flexibility index (Phi) is 4.16. The van der Waals surface area contributed by atoms with Gasteiger partial charge in [0.2, 0.25) is 0 Å². The van der Waals surface area contributed by atoms with E-state index in [0.29, 0.717) is 5.56 Å². The first kappa shape index (κ1) is 16.5. The molecule has 0 bridgehead atoms. The van der Waals surface area contributed by atoms with Gasteiger partial charge in [-0.15, -0.1) is 0 Å². The molecule has 0 amide bonds. The van der Waals surface area contributed by atoms with E-state index in [9.17, 15) is 24.9 Å². The highest BCUT2D eigenvalue weighted by molar-refractivity contribution is 5.87. The van der Waals surface area contributed by atoms with E-state index in [-0.39, 0.29) is 28.2 Å². The van der Waals surface area contributed by atoms with E-state index >= 15 is 0 Å². The first-order chi connectivity index (χ1) is 11.8. The predicted molar refractivity (Wildman–Crippen MR) is 88.6 cm³/mol. The molecule has 3 N–H and O–H groups in total. The van der Waals surface area contributed by atoms with Crippen LogP contribution in [-0.4, -0.2) is 27.4 Å². The Labute approximate surface area is 141 Å². The Balaban J connectivity index is 2.13. The minimum absolute atomic E-state index is 0.0176. The second kappa shape index (κ2) is 6.29. The molecule has 3 aromatic rings. The molecule has 0 aliphatic carbocycles. The summed E-state index contributed by atoms with van der Waals surface area (Å²) < 4.78 is 10.6. The van der Waals surface area contributed by atoms with Crippen molar-refractivity contribution in [3.8, 4) is 28.6 Å². The molecule has 0 saturated heterocycles. The van der Waals surface area contributed by atoms with Crippen molar-refractivity contribution >= 4 is 16.9 Å². The lowest BCUT2D eigenvalue weighted by molar-refractivity contribution is -0.142. The molecule has 7 nitrogen and oxygen atoms in total. The fourth-order valence-corrected chi connectivity index (χ4v) is 2.27. The summed E-state index contributed by atoms with van der Waals surface area (Å²) >= 11 is 0. The number of esters is 1. The van der Waals surface area contributed by atoms with Gasteiger partial charge in [0.1, 0.15) is 40.1 Å². The first-order valence-electron chi connectivity index (χ1n) is 7.35. The maximum Gasteiger partial charge on any atom is 0.340 e. The number of hydrogen-bond acceptors (Lipinski definition) is 7. The molecule has 0 saturated carbocycles. The molecule has 0 fully saturated rings. The van der Waals surface area contributed by atoms with Crippen molar-refractivity contribution in [2.45, 2.75) is 13.0 Å². The van der Waals surface area contributed by atoms with Gasteiger partial charge in [0.15, 0.2) is 5.43 Å². The lowest BCUT2D eigenvalue weighted by atomic mass is 10.1. The number of aliphatic hydroxyl groups excluding tert-OH is 1. The van der Waals surface area contributed by atoms with Crippen LogP contribution in [0.5, 0.6) is 17.2 Å². The zero-order valence-corrected chi connectivity index (χ0v) is 13.1. The highest BCUT2D eigenvalue weighted by Gasteiger charge is 2.16. The van der Waals surface area contributed by atoms with Gasteiger partial charge in [0, 0.05) is 23.8 Å². The van der Waals surface area contributed by atoms with Crippen molar-refractivity contribution in [2.24, 2.45) is 0 Å². The third-order valence-electron chi connectivity index (χ3n) is 3.49. The third kappa shape index (κ3) is 3.31. The van der Waals surface area contributed by atoms with Gasteiger partial charge in [0.25, 0.3) is 0 Å². The number of phenols is 2. The molecule has 7 heteroatoms. The Morgan fingerprint density at radius 2 is 1.80 bits per heavy atom. The molecule has 1 unspecified atom stereocenters. The van der Waals surface area contributed by atoms with Gasteiger partial charge < -0.3 is 24.5 Å². The number of ether oxygens (including phenoxy) is 1. The van der Waals surface area contributed by atoms with E-state index in [1.807, 2.05) is 0 Å². The lowest BCUT2D eigenvalue weighted by Gasteiger charge is -2.09. The van der Waals surface area contributed by atoms with Crippen molar-refractivity contribution < 1.29 is 29.3 Å². The molecule has 1 heterocycles.